The second-order valence-corrected chi connectivity index (χ2v) is 5.59. The minimum Gasteiger partial charge on any atom is -0.478 e. The third-order valence-corrected chi connectivity index (χ3v) is 2.54. The lowest BCUT2D eigenvalue weighted by molar-refractivity contribution is 0.325. The first kappa shape index (κ1) is 15.0. The SMILES string of the molecule is CCCc1cc(CNC(C)(C)C)cc(OCC)n1. The smallest absolute Gasteiger partial charge is 0.213 e. The number of ether oxygens (including phenoxy) is 1. The van der Waals surface area contributed by atoms with Crippen molar-refractivity contribution in [1.82, 2.24) is 10.3 Å². The molecule has 0 atom stereocenters. The van der Waals surface area contributed by atoms with Gasteiger partial charge in [0, 0.05) is 23.8 Å². The summed E-state index contributed by atoms with van der Waals surface area (Å²) in [5.74, 6) is 0.745. The van der Waals surface area contributed by atoms with E-state index in [1.165, 1.54) is 5.56 Å². The van der Waals surface area contributed by atoms with Gasteiger partial charge in [0.05, 0.1) is 6.61 Å². The van der Waals surface area contributed by atoms with Crippen LogP contribution in [-0.4, -0.2) is 17.1 Å². The third-order valence-electron chi connectivity index (χ3n) is 2.54. The summed E-state index contributed by atoms with van der Waals surface area (Å²) in [5.41, 5.74) is 2.49. The van der Waals surface area contributed by atoms with Crippen molar-refractivity contribution in [1.29, 1.82) is 0 Å². The molecule has 0 bridgehead atoms. The Morgan fingerprint density at radius 3 is 2.50 bits per heavy atom. The Labute approximate surface area is 111 Å². The molecule has 3 nitrogen and oxygen atoms in total. The standard InChI is InChI=1S/C15H26N2O/c1-6-8-13-9-12(11-16-15(3,4)5)10-14(17-13)18-7-2/h9-10,16H,6-8,11H2,1-5H3. The van der Waals surface area contributed by atoms with E-state index in [4.69, 9.17) is 4.74 Å². The first-order valence-electron chi connectivity index (χ1n) is 6.82. The van der Waals surface area contributed by atoms with Crippen LogP contribution in [0.3, 0.4) is 0 Å². The van der Waals surface area contributed by atoms with E-state index >= 15 is 0 Å². The average molecular weight is 250 g/mol. The van der Waals surface area contributed by atoms with E-state index in [1.807, 2.05) is 13.0 Å². The molecule has 102 valence electrons. The van der Waals surface area contributed by atoms with Crippen LogP contribution in [0, 0.1) is 0 Å². The van der Waals surface area contributed by atoms with Crippen LogP contribution < -0.4 is 10.1 Å². The molecule has 0 aliphatic rings. The largest absolute Gasteiger partial charge is 0.478 e. The lowest BCUT2D eigenvalue weighted by atomic mass is 10.1. The van der Waals surface area contributed by atoms with Gasteiger partial charge in [-0.2, -0.15) is 0 Å². The lowest BCUT2D eigenvalue weighted by Gasteiger charge is -2.21. The topological polar surface area (TPSA) is 34.1 Å². The number of aryl methyl sites for hydroxylation is 1. The van der Waals surface area contributed by atoms with E-state index in [-0.39, 0.29) is 5.54 Å². The molecule has 0 unspecified atom stereocenters. The van der Waals surface area contributed by atoms with Crippen molar-refractivity contribution in [3.63, 3.8) is 0 Å². The predicted octanol–water partition coefficient (Wildman–Crippen LogP) is 3.32. The molecule has 1 aromatic heterocycles. The Morgan fingerprint density at radius 1 is 1.22 bits per heavy atom. The molecule has 0 amide bonds. The van der Waals surface area contributed by atoms with Gasteiger partial charge in [0.15, 0.2) is 0 Å². The van der Waals surface area contributed by atoms with E-state index in [2.05, 4.69) is 44.1 Å². The summed E-state index contributed by atoms with van der Waals surface area (Å²) in [6.07, 6.45) is 2.11. The van der Waals surface area contributed by atoms with Gasteiger partial charge in [-0.15, -0.1) is 0 Å². The molecule has 1 rings (SSSR count). The van der Waals surface area contributed by atoms with E-state index < -0.39 is 0 Å². The molecule has 1 heterocycles. The molecule has 0 aromatic carbocycles. The third kappa shape index (κ3) is 5.50. The Hall–Kier alpha value is -1.09. The molecule has 0 saturated carbocycles. The van der Waals surface area contributed by atoms with E-state index in [0.717, 1.165) is 31.0 Å². The van der Waals surface area contributed by atoms with Crippen molar-refractivity contribution >= 4 is 0 Å². The number of pyridine rings is 1. The van der Waals surface area contributed by atoms with Gasteiger partial charge >= 0.3 is 0 Å². The van der Waals surface area contributed by atoms with Gasteiger partial charge in [0.1, 0.15) is 0 Å². The zero-order chi connectivity index (χ0) is 13.6. The number of nitrogens with one attached hydrogen (secondary N) is 1. The molecule has 18 heavy (non-hydrogen) atoms. The van der Waals surface area contributed by atoms with Crippen molar-refractivity contribution < 1.29 is 4.74 Å². The fourth-order valence-electron chi connectivity index (χ4n) is 1.70. The van der Waals surface area contributed by atoms with Crippen LogP contribution in [0.15, 0.2) is 12.1 Å². The fourth-order valence-corrected chi connectivity index (χ4v) is 1.70. The van der Waals surface area contributed by atoms with Gasteiger partial charge in [-0.05, 0) is 45.7 Å². The van der Waals surface area contributed by atoms with Crippen molar-refractivity contribution in [2.24, 2.45) is 0 Å². The molecule has 0 saturated heterocycles. The highest BCUT2D eigenvalue weighted by atomic mass is 16.5. The van der Waals surface area contributed by atoms with Crippen molar-refractivity contribution in [2.45, 2.75) is 59.5 Å². The molecule has 3 heteroatoms. The molecule has 1 N–H and O–H groups in total. The van der Waals surface area contributed by atoms with Gasteiger partial charge in [0.25, 0.3) is 0 Å². The molecule has 1 aromatic rings. The average Bonchev–Trinajstić information content (AvgIpc) is 2.26. The molecule has 0 aliphatic heterocycles. The zero-order valence-corrected chi connectivity index (χ0v) is 12.3. The maximum Gasteiger partial charge on any atom is 0.213 e. The summed E-state index contributed by atoms with van der Waals surface area (Å²) in [7, 11) is 0. The Balaban J connectivity index is 2.81. The van der Waals surface area contributed by atoms with Crippen LogP contribution in [-0.2, 0) is 13.0 Å². The summed E-state index contributed by atoms with van der Waals surface area (Å²) in [4.78, 5) is 4.51. The zero-order valence-electron chi connectivity index (χ0n) is 12.3. The summed E-state index contributed by atoms with van der Waals surface area (Å²) < 4.78 is 5.53. The van der Waals surface area contributed by atoms with Crippen LogP contribution in [0.4, 0.5) is 0 Å². The van der Waals surface area contributed by atoms with Crippen molar-refractivity contribution in [2.75, 3.05) is 6.61 Å². The number of rotatable bonds is 6. The fraction of sp³-hybridized carbons (Fsp3) is 0.667. The summed E-state index contributed by atoms with van der Waals surface area (Å²) in [6, 6.07) is 4.20. The predicted molar refractivity (Wildman–Crippen MR) is 76.0 cm³/mol. The second-order valence-electron chi connectivity index (χ2n) is 5.59. The Kier molecular flexibility index (Phi) is 5.60. The number of nitrogens with zero attached hydrogens (tertiary/aromatic N) is 1. The Morgan fingerprint density at radius 2 is 1.94 bits per heavy atom. The van der Waals surface area contributed by atoms with Crippen LogP contribution >= 0.6 is 0 Å². The molecule has 0 spiro atoms. The lowest BCUT2D eigenvalue weighted by Crippen LogP contribution is -2.35. The quantitative estimate of drug-likeness (QED) is 0.841. The first-order chi connectivity index (χ1) is 8.44. The van der Waals surface area contributed by atoms with Crippen molar-refractivity contribution in [3.8, 4) is 5.88 Å². The molecule has 0 radical (unpaired) electrons. The van der Waals surface area contributed by atoms with Gasteiger partial charge in [0.2, 0.25) is 5.88 Å². The monoisotopic (exact) mass is 250 g/mol. The molecule has 0 aliphatic carbocycles. The minimum absolute atomic E-state index is 0.125. The summed E-state index contributed by atoms with van der Waals surface area (Å²) in [5, 5.41) is 3.49. The van der Waals surface area contributed by atoms with Gasteiger partial charge in [-0.1, -0.05) is 13.3 Å². The van der Waals surface area contributed by atoms with Crippen LogP contribution in [0.25, 0.3) is 0 Å². The number of hydrogen-bond acceptors (Lipinski definition) is 3. The number of hydrogen-bond donors (Lipinski definition) is 1. The Bertz CT molecular complexity index is 345. The van der Waals surface area contributed by atoms with Crippen LogP contribution in [0.5, 0.6) is 5.88 Å². The van der Waals surface area contributed by atoms with Crippen LogP contribution in [0.2, 0.25) is 0 Å². The highest BCUT2D eigenvalue weighted by molar-refractivity contribution is 5.25. The van der Waals surface area contributed by atoms with Crippen LogP contribution in [0.1, 0.15) is 52.3 Å². The first-order valence-corrected chi connectivity index (χ1v) is 6.82. The van der Waals surface area contributed by atoms with E-state index in [0.29, 0.717) is 6.61 Å². The van der Waals surface area contributed by atoms with Gasteiger partial charge in [-0.25, -0.2) is 4.98 Å². The molecule has 0 fully saturated rings. The van der Waals surface area contributed by atoms with Gasteiger partial charge < -0.3 is 10.1 Å². The molecular weight excluding hydrogens is 224 g/mol. The highest BCUT2D eigenvalue weighted by Crippen LogP contribution is 2.15. The normalized spacial score (nSPS) is 11.6. The summed E-state index contributed by atoms with van der Waals surface area (Å²) in [6.45, 7) is 12.2. The summed E-state index contributed by atoms with van der Waals surface area (Å²) >= 11 is 0. The molecular formula is C15H26N2O. The highest BCUT2D eigenvalue weighted by Gasteiger charge is 2.10. The van der Waals surface area contributed by atoms with E-state index in [1.54, 1.807) is 0 Å². The second kappa shape index (κ2) is 6.74. The number of aromatic nitrogens is 1. The minimum atomic E-state index is 0.125. The van der Waals surface area contributed by atoms with Gasteiger partial charge in [-0.3, -0.25) is 0 Å². The van der Waals surface area contributed by atoms with Crippen molar-refractivity contribution in [3.05, 3.63) is 23.4 Å². The van der Waals surface area contributed by atoms with E-state index in [9.17, 15) is 0 Å². The maximum atomic E-state index is 5.53. The maximum absolute atomic E-state index is 5.53.